The third-order valence-corrected chi connectivity index (χ3v) is 2.06. The number of hydrogen-bond donors (Lipinski definition) is 2. The number of rotatable bonds is 1. The van der Waals surface area contributed by atoms with Crippen molar-refractivity contribution in [1.82, 2.24) is 0 Å². The molecule has 0 spiro atoms. The smallest absolute Gasteiger partial charge is 0.321 e. The molecule has 54 valence electrons. The summed E-state index contributed by atoms with van der Waals surface area (Å²) in [7, 11) is -4.02. The Balaban J connectivity index is 0.000001000. The van der Waals surface area contributed by atoms with E-state index in [-0.39, 0.29) is 24.8 Å². The second kappa shape index (κ2) is 4.13. The van der Waals surface area contributed by atoms with E-state index >= 15 is 0 Å². The van der Waals surface area contributed by atoms with Crippen LogP contribution in [0.15, 0.2) is 30.3 Å². The van der Waals surface area contributed by atoms with Crippen molar-refractivity contribution in [2.24, 2.45) is 0 Å². The first-order valence-corrected chi connectivity index (χ1v) is 4.33. The van der Waals surface area contributed by atoms with Gasteiger partial charge in [0, 0.05) is 0 Å². The number of benzene rings is 1. The van der Waals surface area contributed by atoms with Crippen LogP contribution < -0.4 is 5.30 Å². The van der Waals surface area contributed by atoms with E-state index in [2.05, 4.69) is 0 Å². The minimum Gasteiger partial charge on any atom is -0.321 e. The van der Waals surface area contributed by atoms with Gasteiger partial charge in [-0.2, -0.15) is 0 Å². The van der Waals surface area contributed by atoms with Crippen LogP contribution >= 0.6 is 7.60 Å². The predicted octanol–water partition coefficient (Wildman–Crippen LogP) is 0.487. The van der Waals surface area contributed by atoms with E-state index in [4.69, 9.17) is 9.79 Å². The van der Waals surface area contributed by atoms with E-state index in [1.165, 1.54) is 12.1 Å². The van der Waals surface area contributed by atoms with Gasteiger partial charge in [0.1, 0.15) is 0 Å². The monoisotopic (exact) mass is 222 g/mol. The Morgan fingerprint density at radius 3 is 1.82 bits per heavy atom. The maximum atomic E-state index is 10.5. The maximum absolute atomic E-state index is 10.5. The normalized spacial score (nSPS) is 10.4. The topological polar surface area (TPSA) is 57.5 Å². The Hall–Kier alpha value is -0.00662. The van der Waals surface area contributed by atoms with Crippen molar-refractivity contribution < 1.29 is 33.8 Å². The fraction of sp³-hybridized carbons (Fsp3) is 0. The molecule has 3 nitrogen and oxygen atoms in total. The SMILES string of the molecule is O=P(O)(O)c1ccccc1.[Zn+2]. The van der Waals surface area contributed by atoms with Gasteiger partial charge in [-0.15, -0.1) is 0 Å². The van der Waals surface area contributed by atoms with Crippen LogP contribution in [0.3, 0.4) is 0 Å². The molecule has 0 atom stereocenters. The molecule has 1 aromatic rings. The van der Waals surface area contributed by atoms with Crippen LogP contribution in [0.25, 0.3) is 0 Å². The Bertz CT molecular complexity index is 256. The molecule has 0 saturated carbocycles. The van der Waals surface area contributed by atoms with Crippen molar-refractivity contribution in [2.75, 3.05) is 0 Å². The van der Waals surface area contributed by atoms with Gasteiger partial charge in [0.15, 0.2) is 0 Å². The first-order valence-electron chi connectivity index (χ1n) is 2.72. The van der Waals surface area contributed by atoms with Gasteiger partial charge in [-0.05, 0) is 12.1 Å². The third-order valence-electron chi connectivity index (χ3n) is 1.09. The van der Waals surface area contributed by atoms with E-state index in [0.29, 0.717) is 0 Å². The molecular formula is C6H7O3PZn+2. The molecule has 0 bridgehead atoms. The quantitative estimate of drug-likeness (QED) is 0.538. The van der Waals surface area contributed by atoms with Gasteiger partial charge in [-0.25, -0.2) is 0 Å². The van der Waals surface area contributed by atoms with Crippen molar-refractivity contribution in [3.8, 4) is 0 Å². The Morgan fingerprint density at radius 1 is 1.09 bits per heavy atom. The van der Waals surface area contributed by atoms with Gasteiger partial charge in [-0.1, -0.05) is 18.2 Å². The van der Waals surface area contributed by atoms with Crippen LogP contribution in [0.5, 0.6) is 0 Å². The molecule has 2 N–H and O–H groups in total. The average Bonchev–Trinajstić information content (AvgIpc) is 1.88. The minimum atomic E-state index is -4.02. The molecule has 0 saturated heterocycles. The van der Waals surface area contributed by atoms with E-state index in [1.54, 1.807) is 18.2 Å². The van der Waals surface area contributed by atoms with Crippen LogP contribution in [0.4, 0.5) is 0 Å². The Kier molecular flexibility index (Phi) is 4.13. The zero-order valence-electron chi connectivity index (χ0n) is 5.84. The van der Waals surface area contributed by atoms with E-state index in [9.17, 15) is 4.57 Å². The summed E-state index contributed by atoms with van der Waals surface area (Å²) in [6.45, 7) is 0. The molecule has 0 amide bonds. The molecule has 0 fully saturated rings. The standard InChI is InChI=1S/C6H7O3P.Zn/c7-10(8,9)6-4-2-1-3-5-6;/h1-5H,(H2,7,8,9);/q;+2. The second-order valence-corrected chi connectivity index (χ2v) is 3.48. The summed E-state index contributed by atoms with van der Waals surface area (Å²) in [6.07, 6.45) is 0. The summed E-state index contributed by atoms with van der Waals surface area (Å²) in [4.78, 5) is 17.2. The van der Waals surface area contributed by atoms with E-state index < -0.39 is 7.60 Å². The second-order valence-electron chi connectivity index (χ2n) is 1.88. The summed E-state index contributed by atoms with van der Waals surface area (Å²) in [6, 6.07) is 7.70. The molecule has 0 aliphatic heterocycles. The zero-order valence-corrected chi connectivity index (χ0v) is 9.71. The van der Waals surface area contributed by atoms with Crippen molar-refractivity contribution in [3.63, 3.8) is 0 Å². The zero-order chi connectivity index (χ0) is 7.61. The summed E-state index contributed by atoms with van der Waals surface area (Å²) in [5.74, 6) is 0. The molecule has 0 radical (unpaired) electrons. The van der Waals surface area contributed by atoms with Crippen LogP contribution in [-0.4, -0.2) is 9.79 Å². The van der Waals surface area contributed by atoms with Gasteiger partial charge in [0.05, 0.1) is 5.30 Å². The summed E-state index contributed by atoms with van der Waals surface area (Å²) >= 11 is 0. The van der Waals surface area contributed by atoms with E-state index in [1.807, 2.05) is 0 Å². The summed E-state index contributed by atoms with van der Waals surface area (Å²) in [5.41, 5.74) is 0. The molecule has 1 aromatic carbocycles. The van der Waals surface area contributed by atoms with E-state index in [0.717, 1.165) is 0 Å². The van der Waals surface area contributed by atoms with Crippen LogP contribution in [0.2, 0.25) is 0 Å². The molecule has 5 heteroatoms. The molecule has 1 rings (SSSR count). The first kappa shape index (κ1) is 11.0. The molecular weight excluding hydrogens is 216 g/mol. The van der Waals surface area contributed by atoms with Crippen LogP contribution in [0.1, 0.15) is 0 Å². The van der Waals surface area contributed by atoms with Crippen LogP contribution in [0, 0.1) is 0 Å². The molecule has 11 heavy (non-hydrogen) atoms. The molecule has 0 unspecified atom stereocenters. The van der Waals surface area contributed by atoms with Gasteiger partial charge >= 0.3 is 27.1 Å². The van der Waals surface area contributed by atoms with Gasteiger partial charge in [0.2, 0.25) is 0 Å². The largest absolute Gasteiger partial charge is 2.00 e. The van der Waals surface area contributed by atoms with Gasteiger partial charge in [0.25, 0.3) is 0 Å². The first-order chi connectivity index (χ1) is 4.61. The van der Waals surface area contributed by atoms with Gasteiger partial charge < -0.3 is 9.79 Å². The fourth-order valence-electron chi connectivity index (χ4n) is 0.622. The summed E-state index contributed by atoms with van der Waals surface area (Å²) < 4.78 is 10.5. The Labute approximate surface area is 77.4 Å². The molecule has 0 aromatic heterocycles. The van der Waals surface area contributed by atoms with Crippen molar-refractivity contribution in [3.05, 3.63) is 30.3 Å². The van der Waals surface area contributed by atoms with Crippen molar-refractivity contribution in [2.45, 2.75) is 0 Å². The fourth-order valence-corrected chi connectivity index (χ4v) is 1.18. The average molecular weight is 223 g/mol. The molecule has 0 aliphatic carbocycles. The number of hydrogen-bond acceptors (Lipinski definition) is 1. The predicted molar refractivity (Wildman–Crippen MR) is 38.1 cm³/mol. The van der Waals surface area contributed by atoms with Crippen molar-refractivity contribution >= 4 is 12.9 Å². The third kappa shape index (κ3) is 3.26. The minimum absolute atomic E-state index is 0. The maximum Gasteiger partial charge on any atom is 2.00 e. The van der Waals surface area contributed by atoms with Gasteiger partial charge in [-0.3, -0.25) is 4.57 Å². The molecule has 0 heterocycles. The Morgan fingerprint density at radius 2 is 1.55 bits per heavy atom. The summed E-state index contributed by atoms with van der Waals surface area (Å²) in [5, 5.41) is 0.0648. The molecule has 0 aliphatic rings. The van der Waals surface area contributed by atoms with Crippen LogP contribution in [-0.2, 0) is 24.0 Å². The van der Waals surface area contributed by atoms with Crippen molar-refractivity contribution in [1.29, 1.82) is 0 Å².